The monoisotopic (exact) mass is 269 g/mol. The summed E-state index contributed by atoms with van der Waals surface area (Å²) in [6, 6.07) is 1.42. The van der Waals surface area contributed by atoms with Crippen LogP contribution in [-0.4, -0.2) is 25.5 Å². The second kappa shape index (κ2) is 5.37. The van der Waals surface area contributed by atoms with Gasteiger partial charge in [0.25, 0.3) is 0 Å². The number of esters is 1. The van der Waals surface area contributed by atoms with Crippen LogP contribution >= 0.6 is 11.3 Å². The van der Waals surface area contributed by atoms with Gasteiger partial charge in [0.2, 0.25) is 0 Å². The van der Waals surface area contributed by atoms with Crippen molar-refractivity contribution >= 4 is 23.0 Å². The molecule has 1 rings (SSSR count). The first-order chi connectivity index (χ1) is 7.79. The van der Waals surface area contributed by atoms with Crippen molar-refractivity contribution < 1.29 is 27.4 Å². The minimum absolute atomic E-state index is 0.256. The number of nitrogen functional groups attached to an aromatic ring is 1. The SMILES string of the molecule is Cc1sc(C(=O)OCCOC(F)(F)F)cc1N. The van der Waals surface area contributed by atoms with Crippen LogP contribution in [0.25, 0.3) is 0 Å². The normalized spacial score (nSPS) is 11.5. The first kappa shape index (κ1) is 13.8. The van der Waals surface area contributed by atoms with Crippen molar-refractivity contribution in [2.75, 3.05) is 18.9 Å². The van der Waals surface area contributed by atoms with Crippen molar-refractivity contribution in [1.82, 2.24) is 0 Å². The van der Waals surface area contributed by atoms with E-state index in [1.807, 2.05) is 0 Å². The van der Waals surface area contributed by atoms with Gasteiger partial charge in [0.1, 0.15) is 11.5 Å². The lowest BCUT2D eigenvalue weighted by atomic mass is 10.4. The van der Waals surface area contributed by atoms with Gasteiger partial charge in [0.15, 0.2) is 0 Å². The fourth-order valence-electron chi connectivity index (χ4n) is 0.960. The Morgan fingerprint density at radius 1 is 1.47 bits per heavy atom. The maximum Gasteiger partial charge on any atom is 0.522 e. The van der Waals surface area contributed by atoms with E-state index in [9.17, 15) is 18.0 Å². The van der Waals surface area contributed by atoms with Crippen LogP contribution in [0.4, 0.5) is 18.9 Å². The standard InChI is InChI=1S/C9H10F3NO3S/c1-5-6(13)4-7(17-5)8(14)15-2-3-16-9(10,11)12/h4H,2-3,13H2,1H3. The summed E-state index contributed by atoms with van der Waals surface area (Å²) in [5.41, 5.74) is 5.97. The van der Waals surface area contributed by atoms with Gasteiger partial charge in [-0.15, -0.1) is 24.5 Å². The lowest BCUT2D eigenvalue weighted by Gasteiger charge is -2.07. The molecule has 1 heterocycles. The highest BCUT2D eigenvalue weighted by Crippen LogP contribution is 2.24. The van der Waals surface area contributed by atoms with Crippen LogP contribution in [0.2, 0.25) is 0 Å². The van der Waals surface area contributed by atoms with E-state index in [1.54, 1.807) is 6.92 Å². The van der Waals surface area contributed by atoms with Crippen LogP contribution < -0.4 is 5.73 Å². The van der Waals surface area contributed by atoms with E-state index in [0.29, 0.717) is 5.69 Å². The van der Waals surface area contributed by atoms with Crippen LogP contribution in [0.1, 0.15) is 14.5 Å². The van der Waals surface area contributed by atoms with Crippen LogP contribution in [0.5, 0.6) is 0 Å². The number of aryl methyl sites for hydroxylation is 1. The molecule has 0 atom stereocenters. The lowest BCUT2D eigenvalue weighted by molar-refractivity contribution is -0.326. The van der Waals surface area contributed by atoms with Crippen LogP contribution in [0, 0.1) is 6.92 Å². The van der Waals surface area contributed by atoms with Crippen LogP contribution in [0.15, 0.2) is 6.07 Å². The van der Waals surface area contributed by atoms with Crippen molar-refractivity contribution in [3.8, 4) is 0 Å². The second-order valence-corrected chi connectivity index (χ2v) is 4.31. The van der Waals surface area contributed by atoms with Crippen molar-refractivity contribution in [3.05, 3.63) is 15.8 Å². The van der Waals surface area contributed by atoms with E-state index in [0.717, 1.165) is 16.2 Å². The molecule has 1 aromatic heterocycles. The maximum atomic E-state index is 11.6. The molecule has 0 saturated carbocycles. The summed E-state index contributed by atoms with van der Waals surface area (Å²) in [7, 11) is 0. The van der Waals surface area contributed by atoms with E-state index in [2.05, 4.69) is 9.47 Å². The Morgan fingerprint density at radius 3 is 2.59 bits per heavy atom. The quantitative estimate of drug-likeness (QED) is 0.673. The summed E-state index contributed by atoms with van der Waals surface area (Å²) in [5, 5.41) is 0. The number of halogens is 3. The molecular formula is C9H10F3NO3S. The fraction of sp³-hybridized carbons (Fsp3) is 0.444. The molecule has 17 heavy (non-hydrogen) atoms. The first-order valence-corrected chi connectivity index (χ1v) is 5.35. The summed E-state index contributed by atoms with van der Waals surface area (Å²) in [5.74, 6) is -0.708. The Hall–Kier alpha value is -1.28. The molecule has 0 spiro atoms. The summed E-state index contributed by atoms with van der Waals surface area (Å²) < 4.78 is 42.8. The van der Waals surface area contributed by atoms with Crippen LogP contribution in [0.3, 0.4) is 0 Å². The number of ether oxygens (including phenoxy) is 2. The number of hydrogen-bond donors (Lipinski definition) is 1. The summed E-state index contributed by atoms with van der Waals surface area (Å²) >= 11 is 1.12. The summed E-state index contributed by atoms with van der Waals surface area (Å²) in [6.07, 6.45) is -4.71. The van der Waals surface area contributed by atoms with E-state index in [-0.39, 0.29) is 4.88 Å². The number of carbonyl (C=O) groups is 1. The van der Waals surface area contributed by atoms with Gasteiger partial charge in [-0.3, -0.25) is 4.74 Å². The Morgan fingerprint density at radius 2 is 2.12 bits per heavy atom. The van der Waals surface area contributed by atoms with Crippen molar-refractivity contribution in [2.45, 2.75) is 13.3 Å². The number of carbonyl (C=O) groups excluding carboxylic acids is 1. The zero-order valence-electron chi connectivity index (χ0n) is 8.84. The predicted molar refractivity (Wildman–Crippen MR) is 55.8 cm³/mol. The highest BCUT2D eigenvalue weighted by atomic mass is 32.1. The highest BCUT2D eigenvalue weighted by Gasteiger charge is 2.28. The molecule has 96 valence electrons. The molecule has 0 fully saturated rings. The predicted octanol–water partition coefficient (Wildman–Crippen LogP) is 2.33. The molecule has 1 aromatic rings. The lowest BCUT2D eigenvalue weighted by Crippen LogP contribution is -2.18. The molecule has 0 amide bonds. The third-order valence-electron chi connectivity index (χ3n) is 1.74. The Kier molecular flexibility index (Phi) is 4.35. The van der Waals surface area contributed by atoms with Gasteiger partial charge in [-0.1, -0.05) is 0 Å². The number of anilines is 1. The van der Waals surface area contributed by atoms with Gasteiger partial charge < -0.3 is 10.5 Å². The molecule has 4 nitrogen and oxygen atoms in total. The van der Waals surface area contributed by atoms with Gasteiger partial charge in [0, 0.05) is 10.6 Å². The molecule has 0 radical (unpaired) electrons. The molecule has 0 aromatic carbocycles. The molecule has 0 aliphatic heterocycles. The van der Waals surface area contributed by atoms with Crippen molar-refractivity contribution in [1.29, 1.82) is 0 Å². The molecular weight excluding hydrogens is 259 g/mol. The molecule has 0 unspecified atom stereocenters. The summed E-state index contributed by atoms with van der Waals surface area (Å²) in [6.45, 7) is 0.536. The molecule has 0 aliphatic carbocycles. The third-order valence-corrected chi connectivity index (χ3v) is 2.79. The second-order valence-electron chi connectivity index (χ2n) is 3.05. The van der Waals surface area contributed by atoms with E-state index in [1.165, 1.54) is 6.07 Å². The van der Waals surface area contributed by atoms with Gasteiger partial charge in [0.05, 0.1) is 6.61 Å². The molecule has 0 saturated heterocycles. The third kappa shape index (κ3) is 4.61. The van der Waals surface area contributed by atoms with Gasteiger partial charge in [-0.2, -0.15) is 0 Å². The molecule has 8 heteroatoms. The average molecular weight is 269 g/mol. The van der Waals surface area contributed by atoms with Gasteiger partial charge in [-0.25, -0.2) is 4.79 Å². The van der Waals surface area contributed by atoms with Crippen molar-refractivity contribution in [2.24, 2.45) is 0 Å². The van der Waals surface area contributed by atoms with Crippen LogP contribution in [-0.2, 0) is 9.47 Å². The maximum absolute atomic E-state index is 11.6. The minimum atomic E-state index is -4.71. The topological polar surface area (TPSA) is 61.5 Å². The number of hydrogen-bond acceptors (Lipinski definition) is 5. The largest absolute Gasteiger partial charge is 0.522 e. The van der Waals surface area contributed by atoms with E-state index < -0.39 is 25.5 Å². The van der Waals surface area contributed by atoms with Crippen molar-refractivity contribution in [3.63, 3.8) is 0 Å². The zero-order chi connectivity index (χ0) is 13.1. The summed E-state index contributed by atoms with van der Waals surface area (Å²) in [4.78, 5) is 12.3. The van der Waals surface area contributed by atoms with Gasteiger partial charge in [-0.05, 0) is 13.0 Å². The number of thiophene rings is 1. The smallest absolute Gasteiger partial charge is 0.459 e. The van der Waals surface area contributed by atoms with E-state index in [4.69, 9.17) is 5.73 Å². The molecule has 2 N–H and O–H groups in total. The Bertz CT molecular complexity index is 383. The number of rotatable bonds is 4. The molecule has 0 bridgehead atoms. The first-order valence-electron chi connectivity index (χ1n) is 4.53. The minimum Gasteiger partial charge on any atom is -0.459 e. The number of alkyl halides is 3. The Labute approximate surface area is 99.1 Å². The fourth-order valence-corrected chi connectivity index (χ4v) is 1.79. The zero-order valence-corrected chi connectivity index (χ0v) is 9.65. The highest BCUT2D eigenvalue weighted by molar-refractivity contribution is 7.14. The van der Waals surface area contributed by atoms with E-state index >= 15 is 0 Å². The Balaban J connectivity index is 2.35. The molecule has 0 aliphatic rings. The average Bonchev–Trinajstić information content (AvgIpc) is 2.52. The van der Waals surface area contributed by atoms with Gasteiger partial charge >= 0.3 is 12.3 Å². The number of nitrogens with two attached hydrogens (primary N) is 1.